The van der Waals surface area contributed by atoms with Crippen molar-refractivity contribution in [1.29, 1.82) is 0 Å². The van der Waals surface area contributed by atoms with Crippen molar-refractivity contribution in [3.8, 4) is 0 Å². The maximum absolute atomic E-state index is 12.4. The first-order chi connectivity index (χ1) is 11.9. The van der Waals surface area contributed by atoms with Gasteiger partial charge in [-0.25, -0.2) is 0 Å². The highest BCUT2D eigenvalue weighted by molar-refractivity contribution is 8.03. The van der Waals surface area contributed by atoms with Gasteiger partial charge in [0.05, 0.1) is 19.8 Å². The Morgan fingerprint density at radius 2 is 1.52 bits per heavy atom. The summed E-state index contributed by atoms with van der Waals surface area (Å²) >= 11 is 1.31. The SMILES string of the molecule is CCOC(=O)C(C(=O)OCC)[C@@H]1C(SCC)=CC(=O)[C@H]1C(=O)OCC. The van der Waals surface area contributed by atoms with Crippen LogP contribution in [-0.2, 0) is 33.4 Å². The highest BCUT2D eigenvalue weighted by Gasteiger charge is 2.52. The second kappa shape index (κ2) is 10.2. The Morgan fingerprint density at radius 1 is 1.00 bits per heavy atom. The third-order valence-corrected chi connectivity index (χ3v) is 4.58. The minimum atomic E-state index is -1.38. The van der Waals surface area contributed by atoms with Gasteiger partial charge in [0.15, 0.2) is 11.7 Å². The molecular formula is C17H24O7S. The van der Waals surface area contributed by atoms with Gasteiger partial charge in [0, 0.05) is 5.92 Å². The lowest BCUT2D eigenvalue weighted by molar-refractivity contribution is -0.165. The molecule has 0 fully saturated rings. The summed E-state index contributed by atoms with van der Waals surface area (Å²) in [6.45, 7) is 6.94. The van der Waals surface area contributed by atoms with Crippen LogP contribution in [0.3, 0.4) is 0 Å². The molecule has 0 aromatic heterocycles. The van der Waals surface area contributed by atoms with E-state index in [1.54, 1.807) is 20.8 Å². The molecule has 0 amide bonds. The van der Waals surface area contributed by atoms with Crippen molar-refractivity contribution in [1.82, 2.24) is 0 Å². The van der Waals surface area contributed by atoms with E-state index in [2.05, 4.69) is 0 Å². The van der Waals surface area contributed by atoms with E-state index in [-0.39, 0.29) is 19.8 Å². The van der Waals surface area contributed by atoms with E-state index in [9.17, 15) is 19.2 Å². The number of thioether (sulfide) groups is 1. The molecule has 0 N–H and O–H groups in total. The predicted octanol–water partition coefficient (Wildman–Crippen LogP) is 1.74. The molecule has 0 aromatic rings. The van der Waals surface area contributed by atoms with Crippen LogP contribution in [0.1, 0.15) is 27.7 Å². The Kier molecular flexibility index (Phi) is 8.68. The quantitative estimate of drug-likeness (QED) is 0.343. The number of ether oxygens (including phenoxy) is 3. The molecule has 25 heavy (non-hydrogen) atoms. The number of carbonyl (C=O) groups is 4. The molecule has 1 rings (SSSR count). The predicted molar refractivity (Wildman–Crippen MR) is 91.6 cm³/mol. The van der Waals surface area contributed by atoms with E-state index in [1.165, 1.54) is 17.8 Å². The Balaban J connectivity index is 3.32. The summed E-state index contributed by atoms with van der Waals surface area (Å²) in [5, 5.41) is 0. The minimum absolute atomic E-state index is 0.0689. The van der Waals surface area contributed by atoms with Crippen LogP contribution in [0.15, 0.2) is 11.0 Å². The highest BCUT2D eigenvalue weighted by Crippen LogP contribution is 2.43. The van der Waals surface area contributed by atoms with E-state index in [1.807, 2.05) is 6.92 Å². The molecule has 0 radical (unpaired) electrons. The zero-order valence-electron chi connectivity index (χ0n) is 14.9. The fraction of sp³-hybridized carbons (Fsp3) is 0.647. The third-order valence-electron chi connectivity index (χ3n) is 3.57. The van der Waals surface area contributed by atoms with Gasteiger partial charge in [0.2, 0.25) is 0 Å². The lowest BCUT2D eigenvalue weighted by Crippen LogP contribution is -2.41. The van der Waals surface area contributed by atoms with Crippen molar-refractivity contribution in [2.45, 2.75) is 27.7 Å². The van der Waals surface area contributed by atoms with E-state index in [4.69, 9.17) is 14.2 Å². The van der Waals surface area contributed by atoms with Crippen molar-refractivity contribution >= 4 is 35.5 Å². The Morgan fingerprint density at radius 3 is 1.96 bits per heavy atom. The largest absolute Gasteiger partial charge is 0.465 e. The molecule has 0 saturated heterocycles. The maximum atomic E-state index is 12.4. The maximum Gasteiger partial charge on any atom is 0.321 e. The zero-order chi connectivity index (χ0) is 19.0. The van der Waals surface area contributed by atoms with Gasteiger partial charge in [0.25, 0.3) is 0 Å². The second-order valence-electron chi connectivity index (χ2n) is 5.12. The van der Waals surface area contributed by atoms with Crippen LogP contribution < -0.4 is 0 Å². The van der Waals surface area contributed by atoms with Gasteiger partial charge in [-0.3, -0.25) is 19.2 Å². The average Bonchev–Trinajstić information content (AvgIpc) is 2.85. The summed E-state index contributed by atoms with van der Waals surface area (Å²) < 4.78 is 15.0. The third kappa shape index (κ3) is 5.07. The molecule has 0 aliphatic heterocycles. The number of rotatable bonds is 9. The zero-order valence-corrected chi connectivity index (χ0v) is 15.7. The lowest BCUT2D eigenvalue weighted by atomic mass is 9.83. The summed E-state index contributed by atoms with van der Waals surface area (Å²) in [7, 11) is 0. The Bertz CT molecular complexity index is 537. The van der Waals surface area contributed by atoms with Crippen LogP contribution in [0.2, 0.25) is 0 Å². The first-order valence-electron chi connectivity index (χ1n) is 8.30. The first-order valence-corrected chi connectivity index (χ1v) is 9.29. The van der Waals surface area contributed by atoms with Crippen LogP contribution in [0.5, 0.6) is 0 Å². The van der Waals surface area contributed by atoms with Crippen LogP contribution in [0.25, 0.3) is 0 Å². The summed E-state index contributed by atoms with van der Waals surface area (Å²) in [6.07, 6.45) is 1.31. The number of allylic oxidation sites excluding steroid dienone is 2. The normalized spacial score (nSPS) is 19.6. The number of hydrogen-bond acceptors (Lipinski definition) is 8. The monoisotopic (exact) mass is 372 g/mol. The van der Waals surface area contributed by atoms with Gasteiger partial charge < -0.3 is 14.2 Å². The molecule has 140 valence electrons. The summed E-state index contributed by atoms with van der Waals surface area (Å²) in [5.41, 5.74) is 0. The van der Waals surface area contributed by atoms with E-state index in [0.29, 0.717) is 10.7 Å². The van der Waals surface area contributed by atoms with E-state index < -0.39 is 41.4 Å². The number of hydrogen-bond donors (Lipinski definition) is 0. The fourth-order valence-electron chi connectivity index (χ4n) is 2.68. The molecule has 2 atom stereocenters. The van der Waals surface area contributed by atoms with Gasteiger partial charge in [-0.2, -0.15) is 0 Å². The molecule has 0 heterocycles. The van der Waals surface area contributed by atoms with Crippen LogP contribution in [0, 0.1) is 17.8 Å². The average molecular weight is 372 g/mol. The summed E-state index contributed by atoms with van der Waals surface area (Å²) in [6, 6.07) is 0. The van der Waals surface area contributed by atoms with Crippen molar-refractivity contribution in [2.75, 3.05) is 25.6 Å². The van der Waals surface area contributed by atoms with Gasteiger partial charge in [-0.15, -0.1) is 11.8 Å². The van der Waals surface area contributed by atoms with Crippen molar-refractivity contribution in [3.63, 3.8) is 0 Å². The highest BCUT2D eigenvalue weighted by atomic mass is 32.2. The topological polar surface area (TPSA) is 96.0 Å². The molecular weight excluding hydrogens is 348 g/mol. The van der Waals surface area contributed by atoms with Gasteiger partial charge in [0.1, 0.15) is 5.92 Å². The molecule has 0 unspecified atom stereocenters. The van der Waals surface area contributed by atoms with Crippen molar-refractivity contribution in [3.05, 3.63) is 11.0 Å². The molecule has 0 aromatic carbocycles. The van der Waals surface area contributed by atoms with E-state index in [0.717, 1.165) is 0 Å². The number of carbonyl (C=O) groups excluding carboxylic acids is 4. The first kappa shape index (κ1) is 21.2. The molecule has 0 bridgehead atoms. The van der Waals surface area contributed by atoms with Crippen LogP contribution >= 0.6 is 11.8 Å². The van der Waals surface area contributed by atoms with Crippen molar-refractivity contribution < 1.29 is 33.4 Å². The standard InChI is InChI=1S/C17H24O7S/c1-5-22-15(19)12-10(18)9-11(25-8-4)13(12)14(16(20)23-6-2)17(21)24-7-3/h9,12-14H,5-8H2,1-4H3/t12-,13-/m1/s1. The summed E-state index contributed by atoms with van der Waals surface area (Å²) in [5.74, 6) is -5.82. The van der Waals surface area contributed by atoms with Gasteiger partial charge >= 0.3 is 17.9 Å². The Hall–Kier alpha value is -1.83. The van der Waals surface area contributed by atoms with E-state index >= 15 is 0 Å². The van der Waals surface area contributed by atoms with Gasteiger partial charge in [-0.1, -0.05) is 6.92 Å². The van der Waals surface area contributed by atoms with Crippen molar-refractivity contribution in [2.24, 2.45) is 17.8 Å². The number of ketones is 1. The van der Waals surface area contributed by atoms with Crippen LogP contribution in [-0.4, -0.2) is 49.3 Å². The van der Waals surface area contributed by atoms with Crippen LogP contribution in [0.4, 0.5) is 0 Å². The smallest absolute Gasteiger partial charge is 0.321 e. The Labute approximate surface area is 151 Å². The molecule has 0 saturated carbocycles. The van der Waals surface area contributed by atoms with Gasteiger partial charge in [-0.05, 0) is 37.5 Å². The second-order valence-corrected chi connectivity index (χ2v) is 6.46. The molecule has 0 spiro atoms. The lowest BCUT2D eigenvalue weighted by Gasteiger charge is -2.26. The number of esters is 3. The minimum Gasteiger partial charge on any atom is -0.465 e. The molecule has 1 aliphatic carbocycles. The fourth-order valence-corrected chi connectivity index (χ4v) is 3.67. The molecule has 1 aliphatic rings. The molecule has 8 heteroatoms. The molecule has 7 nitrogen and oxygen atoms in total. The summed E-state index contributed by atoms with van der Waals surface area (Å²) in [4.78, 5) is 50.0.